The van der Waals surface area contributed by atoms with Crippen LogP contribution in [0.25, 0.3) is 0 Å². The van der Waals surface area contributed by atoms with Crippen LogP contribution in [0, 0.1) is 12.3 Å². The molecule has 2 aromatic carbocycles. The lowest BCUT2D eigenvalue weighted by Crippen LogP contribution is -2.13. The fourth-order valence-electron chi connectivity index (χ4n) is 2.33. The first kappa shape index (κ1) is 13.5. The van der Waals surface area contributed by atoms with Crippen LogP contribution in [-0.2, 0) is 16.4 Å². The smallest absolute Gasteiger partial charge is 0.261 e. The first-order valence-corrected chi connectivity index (χ1v) is 8.03. The second-order valence-corrected chi connectivity index (χ2v) is 6.51. The molecule has 1 aliphatic heterocycles. The van der Waals surface area contributed by atoms with E-state index in [1.54, 1.807) is 42.5 Å². The molecule has 0 aromatic heterocycles. The number of sulfonamides is 1. The maximum Gasteiger partial charge on any atom is 0.261 e. The van der Waals surface area contributed by atoms with Crippen LogP contribution in [-0.4, -0.2) is 15.0 Å². The predicted octanol–water partition coefficient (Wildman–Crippen LogP) is 2.44. The Morgan fingerprint density at radius 3 is 2.86 bits per heavy atom. The van der Waals surface area contributed by atoms with Crippen molar-refractivity contribution in [3.8, 4) is 12.3 Å². The molecule has 2 N–H and O–H groups in total. The van der Waals surface area contributed by atoms with E-state index >= 15 is 0 Å². The Hall–Kier alpha value is -2.45. The van der Waals surface area contributed by atoms with Crippen molar-refractivity contribution in [2.24, 2.45) is 0 Å². The van der Waals surface area contributed by atoms with Crippen molar-refractivity contribution in [3.05, 3.63) is 53.6 Å². The second kappa shape index (κ2) is 5.15. The Kier molecular flexibility index (Phi) is 3.32. The van der Waals surface area contributed by atoms with E-state index in [1.165, 1.54) is 0 Å². The molecule has 0 fully saturated rings. The van der Waals surface area contributed by atoms with Gasteiger partial charge in [-0.05, 0) is 48.4 Å². The molecule has 0 saturated carbocycles. The van der Waals surface area contributed by atoms with Crippen molar-refractivity contribution >= 4 is 21.4 Å². The normalized spacial score (nSPS) is 13.1. The summed E-state index contributed by atoms with van der Waals surface area (Å²) in [6.07, 6.45) is 6.16. The minimum Gasteiger partial charge on any atom is -0.384 e. The van der Waals surface area contributed by atoms with Gasteiger partial charge in [0.05, 0.1) is 10.6 Å². The summed E-state index contributed by atoms with van der Waals surface area (Å²) in [5, 5.41) is 3.21. The lowest BCUT2D eigenvalue weighted by molar-refractivity contribution is 0.601. The van der Waals surface area contributed by atoms with E-state index in [9.17, 15) is 8.42 Å². The zero-order valence-corrected chi connectivity index (χ0v) is 12.1. The van der Waals surface area contributed by atoms with E-state index in [1.807, 2.05) is 0 Å². The number of nitrogens with one attached hydrogen (secondary N) is 2. The second-order valence-electron chi connectivity index (χ2n) is 4.83. The van der Waals surface area contributed by atoms with Gasteiger partial charge in [0, 0.05) is 17.8 Å². The van der Waals surface area contributed by atoms with Crippen molar-refractivity contribution in [1.82, 2.24) is 0 Å². The standard InChI is InChI=1S/C16H14N2O2S/c1-2-12-4-3-5-14(10-12)18-21(19,20)15-6-7-16-13(11-15)8-9-17-16/h1,3-7,10-11,17-18H,8-9H2. The van der Waals surface area contributed by atoms with Crippen LogP contribution in [0.3, 0.4) is 0 Å². The summed E-state index contributed by atoms with van der Waals surface area (Å²) in [5.74, 6) is 2.48. The van der Waals surface area contributed by atoms with Crippen molar-refractivity contribution in [1.29, 1.82) is 0 Å². The van der Waals surface area contributed by atoms with Gasteiger partial charge in [0.1, 0.15) is 0 Å². The highest BCUT2D eigenvalue weighted by Gasteiger charge is 2.18. The number of rotatable bonds is 3. The molecule has 0 spiro atoms. The minimum absolute atomic E-state index is 0.260. The summed E-state index contributed by atoms with van der Waals surface area (Å²) in [6.45, 7) is 0.844. The Bertz CT molecular complexity index is 836. The number of benzene rings is 2. The molecule has 106 valence electrons. The maximum atomic E-state index is 12.4. The van der Waals surface area contributed by atoms with E-state index in [0.29, 0.717) is 11.3 Å². The summed E-state index contributed by atoms with van der Waals surface area (Å²) in [4.78, 5) is 0.260. The molecule has 0 amide bonds. The van der Waals surface area contributed by atoms with Crippen LogP contribution in [0.2, 0.25) is 0 Å². The third-order valence-corrected chi connectivity index (χ3v) is 4.76. The summed E-state index contributed by atoms with van der Waals surface area (Å²) in [7, 11) is -3.61. The van der Waals surface area contributed by atoms with Gasteiger partial charge >= 0.3 is 0 Å². The van der Waals surface area contributed by atoms with Crippen molar-refractivity contribution in [2.45, 2.75) is 11.3 Å². The van der Waals surface area contributed by atoms with Crippen LogP contribution >= 0.6 is 0 Å². The number of hydrogen-bond donors (Lipinski definition) is 2. The van der Waals surface area contributed by atoms with Crippen molar-refractivity contribution in [2.75, 3.05) is 16.6 Å². The molecule has 0 radical (unpaired) electrons. The van der Waals surface area contributed by atoms with Crippen LogP contribution in [0.1, 0.15) is 11.1 Å². The molecule has 0 aliphatic carbocycles. The Labute approximate surface area is 124 Å². The average Bonchev–Trinajstić information content (AvgIpc) is 2.94. The zero-order chi connectivity index (χ0) is 14.9. The molecule has 0 bridgehead atoms. The summed E-state index contributed by atoms with van der Waals surface area (Å²) < 4.78 is 27.4. The van der Waals surface area contributed by atoms with Crippen LogP contribution < -0.4 is 10.0 Å². The van der Waals surface area contributed by atoms with Gasteiger partial charge in [-0.2, -0.15) is 0 Å². The van der Waals surface area contributed by atoms with E-state index < -0.39 is 10.0 Å². The van der Waals surface area contributed by atoms with E-state index in [4.69, 9.17) is 6.42 Å². The molecule has 0 atom stereocenters. The zero-order valence-electron chi connectivity index (χ0n) is 11.3. The first-order valence-electron chi connectivity index (χ1n) is 6.55. The van der Waals surface area contributed by atoms with Crippen LogP contribution in [0.15, 0.2) is 47.4 Å². The monoisotopic (exact) mass is 298 g/mol. The summed E-state index contributed by atoms with van der Waals surface area (Å²) in [6, 6.07) is 11.9. The molecule has 4 nitrogen and oxygen atoms in total. The van der Waals surface area contributed by atoms with Crippen LogP contribution in [0.4, 0.5) is 11.4 Å². The molecular formula is C16H14N2O2S. The van der Waals surface area contributed by atoms with E-state index in [2.05, 4.69) is 16.0 Å². The lowest BCUT2D eigenvalue weighted by atomic mass is 10.2. The quantitative estimate of drug-likeness (QED) is 0.856. The highest BCUT2D eigenvalue weighted by molar-refractivity contribution is 7.92. The van der Waals surface area contributed by atoms with Gasteiger partial charge in [-0.25, -0.2) is 8.42 Å². The first-order chi connectivity index (χ1) is 10.1. The van der Waals surface area contributed by atoms with Gasteiger partial charge in [0.2, 0.25) is 0 Å². The third-order valence-electron chi connectivity index (χ3n) is 3.38. The molecule has 5 heteroatoms. The molecule has 0 saturated heterocycles. The van der Waals surface area contributed by atoms with Crippen LogP contribution in [0.5, 0.6) is 0 Å². The van der Waals surface area contributed by atoms with E-state index in [0.717, 1.165) is 24.2 Å². The van der Waals surface area contributed by atoms with Gasteiger partial charge in [-0.15, -0.1) is 6.42 Å². The summed E-state index contributed by atoms with van der Waals surface area (Å²) >= 11 is 0. The van der Waals surface area contributed by atoms with Gasteiger partial charge < -0.3 is 5.32 Å². The van der Waals surface area contributed by atoms with Crippen molar-refractivity contribution in [3.63, 3.8) is 0 Å². The predicted molar refractivity (Wildman–Crippen MR) is 83.8 cm³/mol. The molecule has 21 heavy (non-hydrogen) atoms. The topological polar surface area (TPSA) is 58.2 Å². The molecule has 0 unspecified atom stereocenters. The highest BCUT2D eigenvalue weighted by Crippen LogP contribution is 2.26. The number of terminal acetylenes is 1. The Balaban J connectivity index is 1.92. The molecule has 1 aliphatic rings. The average molecular weight is 298 g/mol. The molecule has 2 aromatic rings. The van der Waals surface area contributed by atoms with Crippen molar-refractivity contribution < 1.29 is 8.42 Å². The largest absolute Gasteiger partial charge is 0.384 e. The third kappa shape index (κ3) is 2.71. The Morgan fingerprint density at radius 2 is 2.05 bits per heavy atom. The highest BCUT2D eigenvalue weighted by atomic mass is 32.2. The number of hydrogen-bond acceptors (Lipinski definition) is 3. The molecule has 3 rings (SSSR count). The van der Waals surface area contributed by atoms with Gasteiger partial charge in [0.15, 0.2) is 0 Å². The number of anilines is 2. The molecular weight excluding hydrogens is 284 g/mol. The van der Waals surface area contributed by atoms with Gasteiger partial charge in [-0.3, -0.25) is 4.72 Å². The maximum absolute atomic E-state index is 12.4. The fourth-order valence-corrected chi connectivity index (χ4v) is 3.43. The van der Waals surface area contributed by atoms with Gasteiger partial charge in [0.25, 0.3) is 10.0 Å². The van der Waals surface area contributed by atoms with E-state index in [-0.39, 0.29) is 4.90 Å². The SMILES string of the molecule is C#Cc1cccc(NS(=O)(=O)c2ccc3c(c2)CCN3)c1. The Morgan fingerprint density at radius 1 is 1.19 bits per heavy atom. The molecule has 1 heterocycles. The number of fused-ring (bicyclic) bond motifs is 1. The lowest BCUT2D eigenvalue weighted by Gasteiger charge is -2.09. The summed E-state index contributed by atoms with van der Waals surface area (Å²) in [5.41, 5.74) is 3.12. The fraction of sp³-hybridized carbons (Fsp3) is 0.125. The van der Waals surface area contributed by atoms with Gasteiger partial charge in [-0.1, -0.05) is 12.0 Å². The minimum atomic E-state index is -3.61.